The molecule has 1 aromatic rings. The minimum absolute atomic E-state index is 0.118. The molecule has 6 nitrogen and oxygen atoms in total. The standard InChI is InChI=1S/C24H33N3O3/c1-3-20(10-11-22(4-2)27-16-13-21(25)14-17-27)24(29)26-15-12-23(28)30-18-19-8-6-5-7-9-19/h3,5-11,21H,1,4,12-18,25H2,2H3,(H,26,29)/b20-10+,22-11+. The van der Waals surface area contributed by atoms with E-state index in [2.05, 4.69) is 23.7 Å². The number of nitrogens with two attached hydrogens (primary N) is 1. The summed E-state index contributed by atoms with van der Waals surface area (Å²) in [5.74, 6) is -0.604. The first-order valence-electron chi connectivity index (χ1n) is 10.5. The highest BCUT2D eigenvalue weighted by atomic mass is 16.5. The van der Waals surface area contributed by atoms with Gasteiger partial charge in [-0.05, 0) is 37.0 Å². The number of carbonyl (C=O) groups excluding carboxylic acids is 2. The summed E-state index contributed by atoms with van der Waals surface area (Å²) in [7, 11) is 0. The highest BCUT2D eigenvalue weighted by Crippen LogP contribution is 2.17. The van der Waals surface area contributed by atoms with Crippen molar-refractivity contribution in [2.75, 3.05) is 19.6 Å². The van der Waals surface area contributed by atoms with Crippen LogP contribution in [-0.2, 0) is 20.9 Å². The average molecular weight is 412 g/mol. The first kappa shape index (κ1) is 23.4. The van der Waals surface area contributed by atoms with Crippen molar-refractivity contribution < 1.29 is 14.3 Å². The molecular formula is C24H33N3O3. The maximum absolute atomic E-state index is 12.4. The molecule has 3 N–H and O–H groups in total. The Kier molecular flexibility index (Phi) is 9.87. The van der Waals surface area contributed by atoms with Crippen molar-refractivity contribution in [3.63, 3.8) is 0 Å². The Hall–Kier alpha value is -2.86. The zero-order valence-corrected chi connectivity index (χ0v) is 17.8. The highest BCUT2D eigenvalue weighted by molar-refractivity contribution is 5.96. The quantitative estimate of drug-likeness (QED) is 0.351. The summed E-state index contributed by atoms with van der Waals surface area (Å²) in [6.07, 6.45) is 8.24. The highest BCUT2D eigenvalue weighted by Gasteiger charge is 2.17. The lowest BCUT2D eigenvalue weighted by Crippen LogP contribution is -2.39. The number of piperidine rings is 1. The second-order valence-electron chi connectivity index (χ2n) is 7.31. The van der Waals surface area contributed by atoms with Gasteiger partial charge in [-0.15, -0.1) is 0 Å². The molecule has 1 aliphatic rings. The van der Waals surface area contributed by atoms with Crippen LogP contribution in [0.2, 0.25) is 0 Å². The molecule has 1 aliphatic heterocycles. The van der Waals surface area contributed by atoms with Crippen molar-refractivity contribution in [1.82, 2.24) is 10.2 Å². The Bertz CT molecular complexity index is 763. The number of allylic oxidation sites excluding steroid dienone is 3. The molecule has 1 amide bonds. The summed E-state index contributed by atoms with van der Waals surface area (Å²) in [5, 5.41) is 2.75. The van der Waals surface area contributed by atoms with E-state index < -0.39 is 0 Å². The molecule has 0 aliphatic carbocycles. The van der Waals surface area contributed by atoms with Crippen LogP contribution in [0.25, 0.3) is 0 Å². The van der Waals surface area contributed by atoms with Crippen LogP contribution in [-0.4, -0.2) is 42.5 Å². The first-order chi connectivity index (χ1) is 14.5. The van der Waals surface area contributed by atoms with Crippen LogP contribution < -0.4 is 11.1 Å². The Morgan fingerprint density at radius 1 is 1.23 bits per heavy atom. The molecular weight excluding hydrogens is 378 g/mol. The van der Waals surface area contributed by atoms with E-state index in [1.807, 2.05) is 36.4 Å². The van der Waals surface area contributed by atoms with Gasteiger partial charge in [0, 0.05) is 36.9 Å². The van der Waals surface area contributed by atoms with E-state index in [1.54, 1.807) is 6.08 Å². The molecule has 0 radical (unpaired) electrons. The molecule has 6 heteroatoms. The van der Waals surface area contributed by atoms with E-state index in [9.17, 15) is 9.59 Å². The molecule has 0 bridgehead atoms. The van der Waals surface area contributed by atoms with Crippen LogP contribution in [0.5, 0.6) is 0 Å². The van der Waals surface area contributed by atoms with E-state index in [-0.39, 0.29) is 37.5 Å². The molecule has 162 valence electrons. The van der Waals surface area contributed by atoms with Crippen LogP contribution in [0.4, 0.5) is 0 Å². The third kappa shape index (κ3) is 7.87. The first-order valence-corrected chi connectivity index (χ1v) is 10.5. The molecule has 30 heavy (non-hydrogen) atoms. The normalized spacial score (nSPS) is 15.6. The minimum Gasteiger partial charge on any atom is -0.461 e. The lowest BCUT2D eigenvalue weighted by molar-refractivity contribution is -0.144. The second-order valence-corrected chi connectivity index (χ2v) is 7.31. The van der Waals surface area contributed by atoms with Gasteiger partial charge in [-0.2, -0.15) is 0 Å². The van der Waals surface area contributed by atoms with Crippen molar-refractivity contribution in [3.05, 3.63) is 72.0 Å². The second kappa shape index (κ2) is 12.6. The predicted octanol–water partition coefficient (Wildman–Crippen LogP) is 3.07. The molecule has 0 aromatic heterocycles. The molecule has 0 unspecified atom stereocenters. The number of ether oxygens (including phenoxy) is 1. The third-order valence-corrected chi connectivity index (χ3v) is 5.10. The molecule has 1 heterocycles. The summed E-state index contributed by atoms with van der Waals surface area (Å²) in [5.41, 5.74) is 8.56. The smallest absolute Gasteiger partial charge is 0.307 e. The molecule has 2 rings (SSSR count). The number of likely N-dealkylation sites (tertiary alicyclic amines) is 1. The van der Waals surface area contributed by atoms with Crippen LogP contribution in [0.1, 0.15) is 38.2 Å². The number of carbonyl (C=O) groups is 2. The van der Waals surface area contributed by atoms with Crippen LogP contribution in [0.15, 0.2) is 66.4 Å². The maximum Gasteiger partial charge on any atom is 0.307 e. The molecule has 0 saturated carbocycles. The summed E-state index contributed by atoms with van der Waals surface area (Å²) in [4.78, 5) is 26.6. The van der Waals surface area contributed by atoms with Crippen LogP contribution in [0, 0.1) is 0 Å². The van der Waals surface area contributed by atoms with Gasteiger partial charge in [-0.1, -0.05) is 49.9 Å². The van der Waals surface area contributed by atoms with Crippen molar-refractivity contribution in [2.45, 2.75) is 45.3 Å². The zero-order valence-electron chi connectivity index (χ0n) is 17.8. The summed E-state index contributed by atoms with van der Waals surface area (Å²) >= 11 is 0. The van der Waals surface area contributed by atoms with Crippen molar-refractivity contribution in [1.29, 1.82) is 0 Å². The predicted molar refractivity (Wildman–Crippen MR) is 119 cm³/mol. The molecule has 1 saturated heterocycles. The van der Waals surface area contributed by atoms with Gasteiger partial charge in [-0.3, -0.25) is 9.59 Å². The fraction of sp³-hybridized carbons (Fsp3) is 0.417. The Labute approximate surface area is 179 Å². The van der Waals surface area contributed by atoms with Gasteiger partial charge >= 0.3 is 5.97 Å². The maximum atomic E-state index is 12.4. The van der Waals surface area contributed by atoms with Gasteiger partial charge < -0.3 is 20.7 Å². The van der Waals surface area contributed by atoms with Gasteiger partial charge in [0.05, 0.1) is 6.42 Å². The van der Waals surface area contributed by atoms with E-state index in [0.717, 1.165) is 37.9 Å². The summed E-state index contributed by atoms with van der Waals surface area (Å²) in [6, 6.07) is 9.77. The van der Waals surface area contributed by atoms with Gasteiger partial charge in [0.2, 0.25) is 0 Å². The molecule has 0 atom stereocenters. The molecule has 1 fully saturated rings. The number of nitrogens with zero attached hydrogens (tertiary/aromatic N) is 1. The van der Waals surface area contributed by atoms with Crippen molar-refractivity contribution >= 4 is 11.9 Å². The third-order valence-electron chi connectivity index (χ3n) is 5.10. The Balaban J connectivity index is 1.80. The number of nitrogens with one attached hydrogen (secondary N) is 1. The largest absolute Gasteiger partial charge is 0.461 e. The Morgan fingerprint density at radius 3 is 2.57 bits per heavy atom. The van der Waals surface area contributed by atoms with E-state index in [0.29, 0.717) is 5.57 Å². The number of rotatable bonds is 10. The minimum atomic E-state index is -0.347. The molecule has 1 aromatic carbocycles. The van der Waals surface area contributed by atoms with E-state index in [1.165, 1.54) is 11.8 Å². The topological polar surface area (TPSA) is 84.7 Å². The number of hydrogen-bond acceptors (Lipinski definition) is 5. The van der Waals surface area contributed by atoms with E-state index >= 15 is 0 Å². The summed E-state index contributed by atoms with van der Waals surface area (Å²) < 4.78 is 5.22. The van der Waals surface area contributed by atoms with Crippen molar-refractivity contribution in [3.8, 4) is 0 Å². The van der Waals surface area contributed by atoms with E-state index in [4.69, 9.17) is 10.5 Å². The van der Waals surface area contributed by atoms with Crippen LogP contribution >= 0.6 is 0 Å². The number of esters is 1. The average Bonchev–Trinajstić information content (AvgIpc) is 2.77. The lowest BCUT2D eigenvalue weighted by atomic mass is 10.0. The fourth-order valence-corrected chi connectivity index (χ4v) is 3.25. The number of hydrogen-bond donors (Lipinski definition) is 2. The van der Waals surface area contributed by atoms with Gasteiger partial charge in [0.1, 0.15) is 6.61 Å². The van der Waals surface area contributed by atoms with Gasteiger partial charge in [-0.25, -0.2) is 0 Å². The number of amides is 1. The molecule has 0 spiro atoms. The monoisotopic (exact) mass is 411 g/mol. The van der Waals surface area contributed by atoms with Crippen LogP contribution in [0.3, 0.4) is 0 Å². The lowest BCUT2D eigenvalue weighted by Gasteiger charge is -2.33. The zero-order chi connectivity index (χ0) is 21.8. The summed E-state index contributed by atoms with van der Waals surface area (Å²) in [6.45, 7) is 8.16. The fourth-order valence-electron chi connectivity index (χ4n) is 3.25. The SMILES string of the molecule is C=C/C(=C\C=C(/CC)N1CCC(N)CC1)C(=O)NCCC(=O)OCc1ccccc1. The number of benzene rings is 1. The van der Waals surface area contributed by atoms with Gasteiger partial charge in [0.15, 0.2) is 0 Å². The Morgan fingerprint density at radius 2 is 1.93 bits per heavy atom. The van der Waals surface area contributed by atoms with Crippen molar-refractivity contribution in [2.24, 2.45) is 5.73 Å². The van der Waals surface area contributed by atoms with Gasteiger partial charge in [0.25, 0.3) is 5.91 Å².